The van der Waals surface area contributed by atoms with Gasteiger partial charge in [0.05, 0.1) is 17.9 Å². The van der Waals surface area contributed by atoms with Gasteiger partial charge in [0.15, 0.2) is 5.78 Å². The molecule has 0 aromatic heterocycles. The molecule has 1 atom stereocenters. The minimum atomic E-state index is -1.01. The van der Waals surface area contributed by atoms with Crippen molar-refractivity contribution in [1.82, 2.24) is 0 Å². The van der Waals surface area contributed by atoms with Crippen LogP contribution in [0.5, 0.6) is 5.75 Å². The van der Waals surface area contributed by atoms with Crippen molar-refractivity contribution in [1.29, 1.82) is 0 Å². The van der Waals surface area contributed by atoms with E-state index >= 15 is 0 Å². The molecule has 102 valence electrons. The molecule has 0 saturated carbocycles. The van der Waals surface area contributed by atoms with E-state index in [2.05, 4.69) is 0 Å². The molecule has 1 aliphatic carbocycles. The molecule has 0 spiro atoms. The molecule has 0 radical (unpaired) electrons. The molecule has 2 rings (SSSR count). The number of methoxy groups -OCH3 is 1. The Hall–Kier alpha value is -1.42. The average molecular weight is 278 g/mol. The summed E-state index contributed by atoms with van der Waals surface area (Å²) in [5.74, 6) is 1.55. The summed E-state index contributed by atoms with van der Waals surface area (Å²) in [6.45, 7) is 0. The molecule has 0 heterocycles. The third-order valence-electron chi connectivity index (χ3n) is 3.22. The van der Waals surface area contributed by atoms with E-state index in [4.69, 9.17) is 4.74 Å². The van der Waals surface area contributed by atoms with Gasteiger partial charge < -0.3 is 4.74 Å². The van der Waals surface area contributed by atoms with E-state index in [-0.39, 0.29) is 5.78 Å². The molecule has 3 nitrogen and oxygen atoms in total. The van der Waals surface area contributed by atoms with Crippen molar-refractivity contribution in [2.45, 2.75) is 30.6 Å². The highest BCUT2D eigenvalue weighted by Gasteiger charge is 2.11. The van der Waals surface area contributed by atoms with E-state index in [0.29, 0.717) is 12.2 Å². The number of allylic oxidation sites excluding steroid dienone is 2. The van der Waals surface area contributed by atoms with Gasteiger partial charge in [-0.25, -0.2) is 0 Å². The molecule has 0 saturated heterocycles. The van der Waals surface area contributed by atoms with Crippen LogP contribution in [0.2, 0.25) is 0 Å². The van der Waals surface area contributed by atoms with Crippen LogP contribution in [0, 0.1) is 0 Å². The van der Waals surface area contributed by atoms with Gasteiger partial charge in [0.2, 0.25) is 0 Å². The Kier molecular flexibility index (Phi) is 4.91. The topological polar surface area (TPSA) is 43.4 Å². The second kappa shape index (κ2) is 6.66. The minimum Gasteiger partial charge on any atom is -0.497 e. The lowest BCUT2D eigenvalue weighted by Gasteiger charge is -2.11. The van der Waals surface area contributed by atoms with Crippen LogP contribution in [0.25, 0.3) is 0 Å². The highest BCUT2D eigenvalue weighted by atomic mass is 32.2. The first-order chi connectivity index (χ1) is 9.19. The molecule has 0 aliphatic heterocycles. The van der Waals surface area contributed by atoms with Gasteiger partial charge in [-0.05, 0) is 49.6 Å². The first kappa shape index (κ1) is 14.0. The smallest absolute Gasteiger partial charge is 0.155 e. The maximum Gasteiger partial charge on any atom is 0.155 e. The Morgan fingerprint density at radius 1 is 1.21 bits per heavy atom. The van der Waals surface area contributed by atoms with Crippen molar-refractivity contribution in [3.8, 4) is 5.75 Å². The zero-order valence-corrected chi connectivity index (χ0v) is 11.9. The summed E-state index contributed by atoms with van der Waals surface area (Å²) in [6, 6.07) is 7.29. The number of ketones is 1. The fourth-order valence-electron chi connectivity index (χ4n) is 2.13. The fraction of sp³-hybridized carbons (Fsp3) is 0.400. The first-order valence-electron chi connectivity index (χ1n) is 6.44. The van der Waals surface area contributed by atoms with Crippen LogP contribution in [-0.2, 0) is 15.6 Å². The van der Waals surface area contributed by atoms with Crippen molar-refractivity contribution in [3.63, 3.8) is 0 Å². The Labute approximate surface area is 116 Å². The Morgan fingerprint density at radius 2 is 1.95 bits per heavy atom. The van der Waals surface area contributed by atoms with Crippen LogP contribution in [0.15, 0.2) is 40.8 Å². The summed E-state index contributed by atoms with van der Waals surface area (Å²) < 4.78 is 17.2. The average Bonchev–Trinajstić information content (AvgIpc) is 2.45. The van der Waals surface area contributed by atoms with Gasteiger partial charge in [-0.3, -0.25) is 9.00 Å². The number of benzene rings is 1. The Bertz CT molecular complexity index is 503. The lowest BCUT2D eigenvalue weighted by Crippen LogP contribution is -2.06. The third kappa shape index (κ3) is 4.03. The van der Waals surface area contributed by atoms with E-state index in [0.717, 1.165) is 35.5 Å². The number of carbonyl (C=O) groups is 1. The van der Waals surface area contributed by atoms with Gasteiger partial charge in [-0.15, -0.1) is 0 Å². The van der Waals surface area contributed by atoms with Crippen molar-refractivity contribution in [2.75, 3.05) is 12.9 Å². The summed E-state index contributed by atoms with van der Waals surface area (Å²) in [4.78, 5) is 12.1. The van der Waals surface area contributed by atoms with E-state index < -0.39 is 10.8 Å². The molecule has 0 bridgehead atoms. The second-order valence-electron chi connectivity index (χ2n) is 4.60. The molecular weight excluding hydrogens is 260 g/mol. The zero-order chi connectivity index (χ0) is 13.7. The predicted octanol–water partition coefficient (Wildman–Crippen LogP) is 2.87. The molecule has 19 heavy (non-hydrogen) atoms. The van der Waals surface area contributed by atoms with Crippen LogP contribution in [0.3, 0.4) is 0 Å². The molecule has 0 fully saturated rings. The summed E-state index contributed by atoms with van der Waals surface area (Å²) in [5.41, 5.74) is 1.14. The molecule has 0 amide bonds. The van der Waals surface area contributed by atoms with Crippen molar-refractivity contribution in [3.05, 3.63) is 35.9 Å². The van der Waals surface area contributed by atoms with Gasteiger partial charge >= 0.3 is 0 Å². The van der Waals surface area contributed by atoms with E-state index in [9.17, 15) is 9.00 Å². The maximum atomic E-state index is 12.1. The molecule has 4 heteroatoms. The minimum absolute atomic E-state index is 0.205. The van der Waals surface area contributed by atoms with Crippen LogP contribution in [-0.4, -0.2) is 22.9 Å². The molecule has 1 unspecified atom stereocenters. The Balaban J connectivity index is 1.91. The second-order valence-corrected chi connectivity index (χ2v) is 6.17. The lowest BCUT2D eigenvalue weighted by atomic mass is 9.97. The number of hydrogen-bond donors (Lipinski definition) is 0. The number of carbonyl (C=O) groups excluding carboxylic acids is 1. The van der Waals surface area contributed by atoms with Crippen LogP contribution >= 0.6 is 0 Å². The molecule has 1 aliphatic rings. The summed E-state index contributed by atoms with van der Waals surface area (Å²) >= 11 is 0. The quantitative estimate of drug-likeness (QED) is 0.832. The third-order valence-corrected chi connectivity index (χ3v) is 4.59. The monoisotopic (exact) mass is 278 g/mol. The van der Waals surface area contributed by atoms with Gasteiger partial charge in [-0.1, -0.05) is 5.57 Å². The van der Waals surface area contributed by atoms with Crippen LogP contribution in [0.4, 0.5) is 0 Å². The SMILES string of the molecule is COc1ccc(S(=O)CCC2=CC(=O)CCC2)cc1. The maximum absolute atomic E-state index is 12.1. The molecular formula is C15H18O3S. The van der Waals surface area contributed by atoms with Crippen LogP contribution in [0.1, 0.15) is 25.7 Å². The molecule has 0 N–H and O–H groups in total. The summed E-state index contributed by atoms with van der Waals surface area (Å²) in [7, 11) is 0.595. The number of rotatable bonds is 5. The zero-order valence-electron chi connectivity index (χ0n) is 11.1. The highest BCUT2D eigenvalue weighted by molar-refractivity contribution is 7.85. The highest BCUT2D eigenvalue weighted by Crippen LogP contribution is 2.20. The van der Waals surface area contributed by atoms with Gasteiger partial charge in [0.25, 0.3) is 0 Å². The van der Waals surface area contributed by atoms with E-state index in [1.807, 2.05) is 24.3 Å². The largest absolute Gasteiger partial charge is 0.497 e. The standard InChI is InChI=1S/C15H18O3S/c1-18-14-5-7-15(8-6-14)19(17)10-9-12-3-2-4-13(16)11-12/h5-8,11H,2-4,9-10H2,1H3. The summed E-state index contributed by atoms with van der Waals surface area (Å²) in [6.07, 6.45) is 5.02. The normalized spacial score (nSPS) is 16.9. The first-order valence-corrected chi connectivity index (χ1v) is 7.75. The van der Waals surface area contributed by atoms with Gasteiger partial charge in [-0.2, -0.15) is 0 Å². The van der Waals surface area contributed by atoms with E-state index in [1.165, 1.54) is 0 Å². The predicted molar refractivity (Wildman–Crippen MR) is 75.8 cm³/mol. The van der Waals surface area contributed by atoms with Gasteiger partial charge in [0.1, 0.15) is 5.75 Å². The summed E-state index contributed by atoms with van der Waals surface area (Å²) in [5, 5.41) is 0. The fourth-order valence-corrected chi connectivity index (χ4v) is 3.25. The van der Waals surface area contributed by atoms with Gasteiger partial charge in [0, 0.05) is 17.1 Å². The van der Waals surface area contributed by atoms with Crippen molar-refractivity contribution in [2.24, 2.45) is 0 Å². The van der Waals surface area contributed by atoms with Crippen molar-refractivity contribution < 1.29 is 13.7 Å². The Morgan fingerprint density at radius 3 is 2.58 bits per heavy atom. The number of ether oxygens (including phenoxy) is 1. The molecule has 1 aromatic carbocycles. The lowest BCUT2D eigenvalue weighted by molar-refractivity contribution is -0.115. The molecule has 1 aromatic rings. The van der Waals surface area contributed by atoms with Crippen molar-refractivity contribution >= 4 is 16.6 Å². The van der Waals surface area contributed by atoms with Crippen LogP contribution < -0.4 is 4.74 Å². The number of hydrogen-bond acceptors (Lipinski definition) is 3. The van der Waals surface area contributed by atoms with E-state index in [1.54, 1.807) is 13.2 Å².